The highest BCUT2D eigenvalue weighted by molar-refractivity contribution is 8.04. The van der Waals surface area contributed by atoms with E-state index in [1.54, 1.807) is 16.7 Å². The van der Waals surface area contributed by atoms with E-state index in [1.807, 2.05) is 6.07 Å². The molecule has 0 amide bonds. The van der Waals surface area contributed by atoms with E-state index in [0.29, 0.717) is 27.6 Å². The van der Waals surface area contributed by atoms with Crippen molar-refractivity contribution in [3.63, 3.8) is 0 Å². The van der Waals surface area contributed by atoms with Crippen molar-refractivity contribution in [3.05, 3.63) is 51.6 Å². The molecule has 0 aromatic carbocycles. The van der Waals surface area contributed by atoms with Crippen LogP contribution in [-0.4, -0.2) is 10.2 Å². The number of allylic oxidation sites excluding steroid dienone is 2. The Morgan fingerprint density at radius 3 is 2.33 bits per heavy atom. The monoisotopic (exact) mass is 382 g/mol. The summed E-state index contributed by atoms with van der Waals surface area (Å²) >= 11 is 2.14. The largest absolute Gasteiger partial charge is 0.260 e. The molecule has 4 rings (SSSR count). The van der Waals surface area contributed by atoms with E-state index in [2.05, 4.69) is 64.2 Å². The normalized spacial score (nSPS) is 30.0. The fraction of sp³-hybridized carbons (Fsp3) is 0.609. The van der Waals surface area contributed by atoms with Gasteiger partial charge in [-0.15, -0.1) is 16.7 Å². The Hall–Kier alpha value is -1.42. The number of aromatic nitrogens is 1. The van der Waals surface area contributed by atoms with Gasteiger partial charge < -0.3 is 0 Å². The van der Waals surface area contributed by atoms with Crippen molar-refractivity contribution in [2.24, 2.45) is 21.9 Å². The van der Waals surface area contributed by atoms with Gasteiger partial charge in [-0.1, -0.05) is 39.8 Å². The summed E-state index contributed by atoms with van der Waals surface area (Å²) in [5, 5.41) is 3.60. The number of fused-ring (bicyclic) bond motifs is 1. The van der Waals surface area contributed by atoms with E-state index in [4.69, 9.17) is 4.98 Å². The van der Waals surface area contributed by atoms with E-state index >= 15 is 0 Å². The summed E-state index contributed by atoms with van der Waals surface area (Å²) in [4.78, 5) is 17.1. The number of thioether (sulfide) groups is 1. The molecule has 4 heteroatoms. The number of hydrogen-bond acceptors (Lipinski definition) is 4. The van der Waals surface area contributed by atoms with Gasteiger partial charge in [-0.25, -0.2) is 0 Å². The Bertz CT molecular complexity index is 830. The van der Waals surface area contributed by atoms with Gasteiger partial charge in [-0.3, -0.25) is 4.98 Å². The van der Waals surface area contributed by atoms with Crippen LogP contribution in [-0.2, 0) is 5.41 Å². The standard InChI is InChI=1S/C23H30N2OS/c1-14-18-20(22(5,6)10-9-21(18,3)4)27-19(14)23(11-12-23)17-8-7-16(13-24-17)15(2)25-26/h7-8,13,18,20H,2,9-12H2,1,3-6H3. The highest BCUT2D eigenvalue weighted by atomic mass is 32.2. The number of nitrogens with zero attached hydrogens (tertiary/aromatic N) is 2. The van der Waals surface area contributed by atoms with Gasteiger partial charge in [-0.2, -0.15) is 0 Å². The summed E-state index contributed by atoms with van der Waals surface area (Å²) in [6.45, 7) is 15.9. The van der Waals surface area contributed by atoms with Crippen molar-refractivity contribution in [1.82, 2.24) is 4.98 Å². The molecule has 2 heterocycles. The van der Waals surface area contributed by atoms with Crippen LogP contribution >= 0.6 is 11.8 Å². The molecule has 3 aliphatic rings. The number of nitroso groups, excluding NO2 is 1. The van der Waals surface area contributed by atoms with Crippen LogP contribution in [0.1, 0.15) is 71.6 Å². The maximum atomic E-state index is 10.7. The average Bonchev–Trinajstić information content (AvgIpc) is 3.35. The van der Waals surface area contributed by atoms with Gasteiger partial charge in [0.05, 0.1) is 5.69 Å². The zero-order valence-electron chi connectivity index (χ0n) is 17.1. The maximum absolute atomic E-state index is 10.7. The smallest absolute Gasteiger partial charge is 0.109 e. The molecule has 2 atom stereocenters. The SMILES string of the molecule is C=C(N=O)c1ccc(C2(C3=C(C)C4C(S3)C(C)(C)CCC4(C)C)CC2)nc1. The predicted molar refractivity (Wildman–Crippen MR) is 114 cm³/mol. The van der Waals surface area contributed by atoms with Gasteiger partial charge in [0.2, 0.25) is 0 Å². The Balaban J connectivity index is 1.71. The maximum Gasteiger partial charge on any atom is 0.109 e. The van der Waals surface area contributed by atoms with E-state index < -0.39 is 0 Å². The van der Waals surface area contributed by atoms with E-state index in [0.717, 1.165) is 5.69 Å². The van der Waals surface area contributed by atoms with Gasteiger partial charge >= 0.3 is 0 Å². The molecule has 2 saturated carbocycles. The second kappa shape index (κ2) is 6.04. The summed E-state index contributed by atoms with van der Waals surface area (Å²) in [5.74, 6) is 0.650. The minimum absolute atomic E-state index is 0.0900. The highest BCUT2D eigenvalue weighted by Crippen LogP contribution is 2.68. The highest BCUT2D eigenvalue weighted by Gasteiger charge is 2.59. The first kappa shape index (κ1) is 18.9. The molecular formula is C23H30N2OS. The van der Waals surface area contributed by atoms with Crippen molar-refractivity contribution in [2.45, 2.75) is 71.0 Å². The Labute approximate surface area is 167 Å². The summed E-state index contributed by atoms with van der Waals surface area (Å²) in [7, 11) is 0. The molecule has 0 radical (unpaired) electrons. The quantitative estimate of drug-likeness (QED) is 0.544. The lowest BCUT2D eigenvalue weighted by atomic mass is 9.58. The molecule has 2 unspecified atom stereocenters. The predicted octanol–water partition coefficient (Wildman–Crippen LogP) is 6.70. The Kier molecular flexibility index (Phi) is 4.23. The van der Waals surface area contributed by atoms with E-state index in [1.165, 1.54) is 25.7 Å². The first-order valence-corrected chi connectivity index (χ1v) is 10.9. The molecule has 27 heavy (non-hydrogen) atoms. The van der Waals surface area contributed by atoms with Crippen LogP contribution in [0.3, 0.4) is 0 Å². The van der Waals surface area contributed by atoms with Crippen LogP contribution in [0.2, 0.25) is 0 Å². The van der Waals surface area contributed by atoms with E-state index in [-0.39, 0.29) is 11.1 Å². The molecule has 1 aliphatic heterocycles. The first-order chi connectivity index (χ1) is 12.6. The minimum Gasteiger partial charge on any atom is -0.260 e. The zero-order chi connectivity index (χ0) is 19.6. The van der Waals surface area contributed by atoms with Crippen molar-refractivity contribution in [3.8, 4) is 0 Å². The average molecular weight is 383 g/mol. The second-order valence-electron chi connectivity index (χ2n) is 10.1. The number of rotatable bonds is 4. The van der Waals surface area contributed by atoms with Gasteiger partial charge in [0.25, 0.3) is 0 Å². The Morgan fingerprint density at radius 1 is 1.15 bits per heavy atom. The van der Waals surface area contributed by atoms with Crippen LogP contribution in [0.15, 0.2) is 40.6 Å². The molecule has 1 aromatic rings. The molecule has 2 fully saturated rings. The molecule has 144 valence electrons. The van der Waals surface area contributed by atoms with Crippen molar-refractivity contribution in [2.75, 3.05) is 0 Å². The third kappa shape index (κ3) is 2.83. The number of hydrogen-bond donors (Lipinski definition) is 0. The third-order valence-corrected chi connectivity index (χ3v) is 9.39. The second-order valence-corrected chi connectivity index (χ2v) is 11.2. The lowest BCUT2D eigenvalue weighted by molar-refractivity contribution is 0.0889. The molecule has 0 saturated heterocycles. The topological polar surface area (TPSA) is 42.3 Å². The van der Waals surface area contributed by atoms with Gasteiger partial charge in [-0.05, 0) is 71.6 Å². The van der Waals surface area contributed by atoms with Gasteiger partial charge in [0.1, 0.15) is 5.70 Å². The van der Waals surface area contributed by atoms with Crippen molar-refractivity contribution in [1.29, 1.82) is 0 Å². The third-order valence-electron chi connectivity index (χ3n) is 7.28. The molecule has 0 N–H and O–H groups in total. The molecular weight excluding hydrogens is 352 g/mol. The molecule has 3 nitrogen and oxygen atoms in total. The summed E-state index contributed by atoms with van der Waals surface area (Å²) in [5.41, 5.74) is 4.52. The summed E-state index contributed by atoms with van der Waals surface area (Å²) < 4.78 is 0. The van der Waals surface area contributed by atoms with Gasteiger partial charge in [0.15, 0.2) is 0 Å². The molecule has 1 aromatic heterocycles. The lowest BCUT2D eigenvalue weighted by Crippen LogP contribution is -2.45. The van der Waals surface area contributed by atoms with Crippen LogP contribution in [0.5, 0.6) is 0 Å². The van der Waals surface area contributed by atoms with Crippen LogP contribution in [0, 0.1) is 21.7 Å². The molecule has 0 spiro atoms. The fourth-order valence-electron chi connectivity index (χ4n) is 5.32. The van der Waals surface area contributed by atoms with Crippen LogP contribution in [0.4, 0.5) is 0 Å². The molecule has 0 bridgehead atoms. The first-order valence-electron chi connectivity index (χ1n) is 9.99. The van der Waals surface area contributed by atoms with Gasteiger partial charge in [0, 0.05) is 22.4 Å². The lowest BCUT2D eigenvalue weighted by Gasteiger charge is -2.49. The number of pyridine rings is 1. The van der Waals surface area contributed by atoms with Crippen LogP contribution < -0.4 is 0 Å². The summed E-state index contributed by atoms with van der Waals surface area (Å²) in [6, 6.07) is 4.03. The van der Waals surface area contributed by atoms with Crippen molar-refractivity contribution >= 4 is 17.5 Å². The minimum atomic E-state index is 0.0900. The fourth-order valence-corrected chi connectivity index (χ4v) is 7.57. The van der Waals surface area contributed by atoms with Crippen molar-refractivity contribution < 1.29 is 0 Å². The Morgan fingerprint density at radius 2 is 1.81 bits per heavy atom. The molecule has 2 aliphatic carbocycles. The zero-order valence-corrected chi connectivity index (χ0v) is 17.9. The van der Waals surface area contributed by atoms with Crippen LogP contribution in [0.25, 0.3) is 5.70 Å². The summed E-state index contributed by atoms with van der Waals surface area (Å²) in [6.07, 6.45) is 6.70. The van der Waals surface area contributed by atoms with E-state index in [9.17, 15) is 4.91 Å².